The van der Waals surface area contributed by atoms with Crippen molar-refractivity contribution >= 4 is 22.6 Å². The highest BCUT2D eigenvalue weighted by atomic mass is 35.5. The van der Waals surface area contributed by atoms with Crippen LogP contribution in [-0.4, -0.2) is 76.7 Å². The lowest BCUT2D eigenvalue weighted by molar-refractivity contribution is 0.143. The Hall–Kier alpha value is 0.0400. The first-order chi connectivity index (χ1) is 9.93. The van der Waals surface area contributed by atoms with Gasteiger partial charge < -0.3 is 15.2 Å². The summed E-state index contributed by atoms with van der Waals surface area (Å²) in [6, 6.07) is 0.00870. The molecule has 0 aromatic rings. The molecule has 0 aromatic carbocycles. The normalized spacial score (nSPS) is 21.6. The predicted octanol–water partition coefficient (Wildman–Crippen LogP) is 0.307. The Balaban J connectivity index is 0.00000441. The van der Waals surface area contributed by atoms with Gasteiger partial charge in [-0.15, -0.1) is 12.4 Å². The molecule has 0 amide bonds. The van der Waals surface area contributed by atoms with Crippen LogP contribution in [0.4, 0.5) is 0 Å². The summed E-state index contributed by atoms with van der Waals surface area (Å²) in [5.74, 6) is 0.222. The quantitative estimate of drug-likeness (QED) is 0.640. The van der Waals surface area contributed by atoms with Crippen molar-refractivity contribution in [1.82, 2.24) is 8.61 Å². The molecule has 0 aromatic heterocycles. The fourth-order valence-corrected chi connectivity index (χ4v) is 4.18. The van der Waals surface area contributed by atoms with Gasteiger partial charge in [0.05, 0.1) is 13.2 Å². The van der Waals surface area contributed by atoms with E-state index in [0.29, 0.717) is 39.4 Å². The maximum absolute atomic E-state index is 12.8. The molecule has 1 aliphatic rings. The van der Waals surface area contributed by atoms with Gasteiger partial charge in [-0.3, -0.25) is 0 Å². The van der Waals surface area contributed by atoms with Crippen LogP contribution in [0.1, 0.15) is 19.8 Å². The Kier molecular flexibility index (Phi) is 10.8. The molecule has 1 rings (SSSR count). The van der Waals surface area contributed by atoms with E-state index < -0.39 is 10.2 Å². The molecule has 0 aliphatic carbocycles. The maximum Gasteiger partial charge on any atom is 0.282 e. The van der Waals surface area contributed by atoms with Crippen molar-refractivity contribution in [2.24, 2.45) is 11.7 Å². The van der Waals surface area contributed by atoms with Gasteiger partial charge in [-0.2, -0.15) is 17.0 Å². The van der Waals surface area contributed by atoms with Crippen molar-refractivity contribution < 1.29 is 17.9 Å². The van der Waals surface area contributed by atoms with Crippen LogP contribution in [0.2, 0.25) is 0 Å². The van der Waals surface area contributed by atoms with Gasteiger partial charge in [0.25, 0.3) is 10.2 Å². The van der Waals surface area contributed by atoms with E-state index in [1.54, 1.807) is 18.5 Å². The molecular formula is C13H30ClN3O4S. The van der Waals surface area contributed by atoms with Crippen LogP contribution >= 0.6 is 12.4 Å². The van der Waals surface area contributed by atoms with Crippen LogP contribution < -0.4 is 5.73 Å². The second kappa shape index (κ2) is 10.7. The van der Waals surface area contributed by atoms with Crippen LogP contribution in [0.5, 0.6) is 0 Å². The van der Waals surface area contributed by atoms with Gasteiger partial charge in [0.15, 0.2) is 0 Å². The molecule has 9 heteroatoms. The zero-order chi connectivity index (χ0) is 15.9. The molecule has 1 saturated heterocycles. The molecule has 2 unspecified atom stereocenters. The van der Waals surface area contributed by atoms with Crippen molar-refractivity contribution in [3.63, 3.8) is 0 Å². The summed E-state index contributed by atoms with van der Waals surface area (Å²) in [5.41, 5.74) is 5.93. The lowest BCUT2D eigenvalue weighted by atomic mass is 9.93. The van der Waals surface area contributed by atoms with Crippen LogP contribution in [0.3, 0.4) is 0 Å². The summed E-state index contributed by atoms with van der Waals surface area (Å²) in [6.07, 6.45) is 1.84. The number of ether oxygens (including phenoxy) is 2. The minimum absolute atomic E-state index is 0. The molecule has 7 nitrogen and oxygen atoms in total. The van der Waals surface area contributed by atoms with E-state index in [4.69, 9.17) is 15.2 Å². The summed E-state index contributed by atoms with van der Waals surface area (Å²) in [7, 11) is -0.357. The Morgan fingerprint density at radius 1 is 1.27 bits per heavy atom. The smallest absolute Gasteiger partial charge is 0.282 e. The number of nitrogens with zero attached hydrogens (tertiary/aromatic N) is 2. The molecule has 0 saturated carbocycles. The predicted molar refractivity (Wildman–Crippen MR) is 89.4 cm³/mol. The topological polar surface area (TPSA) is 85.1 Å². The lowest BCUT2D eigenvalue weighted by Crippen LogP contribution is -2.51. The molecule has 2 N–H and O–H groups in total. The fourth-order valence-electron chi connectivity index (χ4n) is 2.50. The highest BCUT2D eigenvalue weighted by Gasteiger charge is 2.34. The highest BCUT2D eigenvalue weighted by Crippen LogP contribution is 2.22. The first kappa shape index (κ1) is 22.0. The number of hydrogen-bond donors (Lipinski definition) is 1. The summed E-state index contributed by atoms with van der Waals surface area (Å²) < 4.78 is 38.5. The van der Waals surface area contributed by atoms with E-state index in [2.05, 4.69) is 0 Å². The largest absolute Gasteiger partial charge is 0.383 e. The van der Waals surface area contributed by atoms with Crippen molar-refractivity contribution in [1.29, 1.82) is 0 Å². The van der Waals surface area contributed by atoms with Gasteiger partial charge in [-0.05, 0) is 25.7 Å². The molecule has 22 heavy (non-hydrogen) atoms. The number of nitrogens with two attached hydrogens (primary N) is 1. The van der Waals surface area contributed by atoms with Crippen molar-refractivity contribution in [2.45, 2.75) is 25.8 Å². The monoisotopic (exact) mass is 359 g/mol. The molecule has 0 spiro atoms. The van der Waals surface area contributed by atoms with E-state index >= 15 is 0 Å². The third kappa shape index (κ3) is 6.27. The SMILES string of the molecule is COCCN(CCOC)S(=O)(=O)N1CCCC(C(C)N)C1.Cl. The molecule has 1 fully saturated rings. The minimum atomic E-state index is -3.48. The molecule has 0 radical (unpaired) electrons. The van der Waals surface area contributed by atoms with Crippen LogP contribution in [-0.2, 0) is 19.7 Å². The summed E-state index contributed by atoms with van der Waals surface area (Å²) in [6.45, 7) is 4.40. The Bertz CT molecular complexity index is 379. The van der Waals surface area contributed by atoms with Gasteiger partial charge in [0.1, 0.15) is 0 Å². The van der Waals surface area contributed by atoms with E-state index in [9.17, 15) is 8.42 Å². The second-order valence-electron chi connectivity index (χ2n) is 5.51. The number of rotatable bonds is 9. The lowest BCUT2D eigenvalue weighted by Gasteiger charge is -2.36. The van der Waals surface area contributed by atoms with Crippen molar-refractivity contribution in [3.8, 4) is 0 Å². The van der Waals surface area contributed by atoms with Crippen LogP contribution in [0, 0.1) is 5.92 Å². The maximum atomic E-state index is 12.8. The van der Waals surface area contributed by atoms with Gasteiger partial charge in [-0.25, -0.2) is 0 Å². The average Bonchev–Trinajstić information content (AvgIpc) is 2.47. The molecular weight excluding hydrogens is 330 g/mol. The third-order valence-corrected chi connectivity index (χ3v) is 5.91. The van der Waals surface area contributed by atoms with E-state index in [1.807, 2.05) is 6.92 Å². The van der Waals surface area contributed by atoms with Gasteiger partial charge in [0, 0.05) is 46.4 Å². The van der Waals surface area contributed by atoms with E-state index in [0.717, 1.165) is 12.8 Å². The first-order valence-electron chi connectivity index (χ1n) is 7.42. The van der Waals surface area contributed by atoms with Crippen LogP contribution in [0.15, 0.2) is 0 Å². The Morgan fingerprint density at radius 3 is 2.27 bits per heavy atom. The van der Waals surface area contributed by atoms with Gasteiger partial charge in [0.2, 0.25) is 0 Å². The van der Waals surface area contributed by atoms with E-state index in [-0.39, 0.29) is 24.4 Å². The molecule has 0 bridgehead atoms. The summed E-state index contributed by atoms with van der Waals surface area (Å²) in [5, 5.41) is 0. The number of halogens is 1. The Labute approximate surface area is 140 Å². The zero-order valence-corrected chi connectivity index (χ0v) is 15.4. The number of methoxy groups -OCH3 is 2. The number of hydrogen-bond acceptors (Lipinski definition) is 5. The number of piperidine rings is 1. The molecule has 1 heterocycles. The zero-order valence-electron chi connectivity index (χ0n) is 13.7. The molecule has 134 valence electrons. The highest BCUT2D eigenvalue weighted by molar-refractivity contribution is 7.86. The standard InChI is InChI=1S/C13H29N3O4S.ClH/c1-12(14)13-5-4-6-16(11-13)21(17,18)15(7-9-19-2)8-10-20-3;/h12-13H,4-11,14H2,1-3H3;1H. The summed E-state index contributed by atoms with van der Waals surface area (Å²) in [4.78, 5) is 0. The van der Waals surface area contributed by atoms with E-state index in [1.165, 1.54) is 4.31 Å². The minimum Gasteiger partial charge on any atom is -0.383 e. The van der Waals surface area contributed by atoms with Crippen molar-refractivity contribution in [2.75, 3.05) is 53.6 Å². The molecule has 2 atom stereocenters. The second-order valence-corrected chi connectivity index (χ2v) is 7.44. The van der Waals surface area contributed by atoms with Crippen LogP contribution in [0.25, 0.3) is 0 Å². The van der Waals surface area contributed by atoms with Gasteiger partial charge in [-0.1, -0.05) is 0 Å². The Morgan fingerprint density at radius 2 is 1.82 bits per heavy atom. The average molecular weight is 360 g/mol. The molecule has 1 aliphatic heterocycles. The van der Waals surface area contributed by atoms with Gasteiger partial charge >= 0.3 is 0 Å². The summed E-state index contributed by atoms with van der Waals surface area (Å²) >= 11 is 0. The first-order valence-corrected chi connectivity index (χ1v) is 8.81. The van der Waals surface area contributed by atoms with Crippen molar-refractivity contribution in [3.05, 3.63) is 0 Å². The third-order valence-electron chi connectivity index (χ3n) is 3.91. The fraction of sp³-hybridized carbons (Fsp3) is 1.00.